The van der Waals surface area contributed by atoms with Crippen LogP contribution in [0.1, 0.15) is 64.7 Å². The number of ketones is 1. The summed E-state index contributed by atoms with van der Waals surface area (Å²) in [5.74, 6) is 4.36. The Balaban J connectivity index is 1.60. The van der Waals surface area contributed by atoms with Gasteiger partial charge in [0.2, 0.25) is 0 Å². The molecule has 0 spiro atoms. The number of fused-ring (bicyclic) bond motifs is 5. The summed E-state index contributed by atoms with van der Waals surface area (Å²) >= 11 is 0. The molecule has 0 heterocycles. The molecule has 7 atom stereocenters. The van der Waals surface area contributed by atoms with Gasteiger partial charge in [0.05, 0.1) is 6.10 Å². The summed E-state index contributed by atoms with van der Waals surface area (Å²) in [7, 11) is 0. The number of aliphatic hydroxyl groups is 1. The second-order valence-electron chi connectivity index (χ2n) is 8.43. The molecule has 4 aliphatic carbocycles. The van der Waals surface area contributed by atoms with Crippen LogP contribution in [0.3, 0.4) is 0 Å². The van der Waals surface area contributed by atoms with Crippen LogP contribution in [-0.4, -0.2) is 17.0 Å². The van der Waals surface area contributed by atoms with Crippen molar-refractivity contribution in [3.8, 4) is 0 Å². The van der Waals surface area contributed by atoms with Gasteiger partial charge in [-0.05, 0) is 80.0 Å². The van der Waals surface area contributed by atoms with Gasteiger partial charge in [-0.25, -0.2) is 0 Å². The highest BCUT2D eigenvalue weighted by Crippen LogP contribution is 2.62. The highest BCUT2D eigenvalue weighted by molar-refractivity contribution is 5.81. The smallest absolute Gasteiger partial charge is 0.133 e. The maximum atomic E-state index is 11.9. The molecule has 0 radical (unpaired) electrons. The van der Waals surface area contributed by atoms with E-state index in [0.29, 0.717) is 17.1 Å². The lowest BCUT2D eigenvalue weighted by Gasteiger charge is -2.58. The number of hydrogen-bond acceptors (Lipinski definition) is 2. The first kappa shape index (κ1) is 13.3. The predicted molar refractivity (Wildman–Crippen MR) is 78.1 cm³/mol. The van der Waals surface area contributed by atoms with E-state index >= 15 is 0 Å². The van der Waals surface area contributed by atoms with Crippen LogP contribution in [0.4, 0.5) is 0 Å². The number of carbonyl (C=O) groups excluding carboxylic acids is 1. The summed E-state index contributed by atoms with van der Waals surface area (Å²) in [6.45, 7) is 2.51. The third-order valence-corrected chi connectivity index (χ3v) is 7.67. The van der Waals surface area contributed by atoms with E-state index in [-0.39, 0.29) is 6.10 Å². The molecule has 4 aliphatic rings. The Morgan fingerprint density at radius 2 is 1.90 bits per heavy atom. The normalized spacial score (nSPS) is 55.0. The van der Waals surface area contributed by atoms with Crippen LogP contribution in [0.15, 0.2) is 0 Å². The van der Waals surface area contributed by atoms with E-state index in [2.05, 4.69) is 6.92 Å². The molecule has 20 heavy (non-hydrogen) atoms. The van der Waals surface area contributed by atoms with Crippen molar-refractivity contribution in [2.45, 2.75) is 70.8 Å². The van der Waals surface area contributed by atoms with Crippen molar-refractivity contribution in [3.63, 3.8) is 0 Å². The average Bonchev–Trinajstić information content (AvgIpc) is 2.80. The Morgan fingerprint density at radius 3 is 2.75 bits per heavy atom. The molecule has 4 rings (SSSR count). The molecule has 1 N–H and O–H groups in total. The van der Waals surface area contributed by atoms with Gasteiger partial charge >= 0.3 is 0 Å². The third kappa shape index (κ3) is 1.83. The molecular formula is C18H28O2. The van der Waals surface area contributed by atoms with Gasteiger partial charge < -0.3 is 5.11 Å². The monoisotopic (exact) mass is 276 g/mol. The van der Waals surface area contributed by atoms with Crippen molar-refractivity contribution in [2.24, 2.45) is 35.0 Å². The minimum absolute atomic E-state index is 0.0472. The lowest BCUT2D eigenvalue weighted by atomic mass is 9.47. The number of Topliss-reactive ketones (excluding diaryl/α,β-unsaturated/α-hetero) is 1. The fourth-order valence-electron chi connectivity index (χ4n) is 6.64. The van der Waals surface area contributed by atoms with E-state index in [1.807, 2.05) is 0 Å². The van der Waals surface area contributed by atoms with Gasteiger partial charge in [0.1, 0.15) is 5.78 Å². The summed E-state index contributed by atoms with van der Waals surface area (Å²) in [4.78, 5) is 11.9. The fraction of sp³-hybridized carbons (Fsp3) is 0.944. The van der Waals surface area contributed by atoms with E-state index in [9.17, 15) is 9.90 Å². The molecule has 112 valence electrons. The molecule has 0 amide bonds. The maximum absolute atomic E-state index is 11.9. The van der Waals surface area contributed by atoms with E-state index in [1.54, 1.807) is 0 Å². The summed E-state index contributed by atoms with van der Waals surface area (Å²) in [5.41, 5.74) is 0.457. The fourth-order valence-corrected chi connectivity index (χ4v) is 6.64. The van der Waals surface area contributed by atoms with Crippen LogP contribution in [0, 0.1) is 35.0 Å². The van der Waals surface area contributed by atoms with Crippen molar-refractivity contribution in [1.82, 2.24) is 0 Å². The lowest BCUT2D eigenvalue weighted by molar-refractivity contribution is -0.118. The largest absolute Gasteiger partial charge is 0.393 e. The molecule has 2 nitrogen and oxygen atoms in total. The Morgan fingerprint density at radius 1 is 1.05 bits per heavy atom. The summed E-state index contributed by atoms with van der Waals surface area (Å²) < 4.78 is 0. The van der Waals surface area contributed by atoms with Crippen LogP contribution >= 0.6 is 0 Å². The molecule has 0 aromatic rings. The van der Waals surface area contributed by atoms with Gasteiger partial charge in [-0.2, -0.15) is 0 Å². The molecule has 0 aromatic carbocycles. The first-order valence-electron chi connectivity index (χ1n) is 8.77. The van der Waals surface area contributed by atoms with Crippen molar-refractivity contribution >= 4 is 5.78 Å². The molecule has 4 saturated carbocycles. The first-order chi connectivity index (χ1) is 9.58. The van der Waals surface area contributed by atoms with E-state index < -0.39 is 0 Å². The molecular weight excluding hydrogens is 248 g/mol. The Hall–Kier alpha value is -0.370. The van der Waals surface area contributed by atoms with Gasteiger partial charge in [0.15, 0.2) is 0 Å². The molecule has 0 unspecified atom stereocenters. The molecule has 4 fully saturated rings. The van der Waals surface area contributed by atoms with Gasteiger partial charge in [-0.3, -0.25) is 4.79 Å². The van der Waals surface area contributed by atoms with Gasteiger partial charge in [0, 0.05) is 12.8 Å². The molecule has 0 bridgehead atoms. The summed E-state index contributed by atoms with van der Waals surface area (Å²) in [6, 6.07) is 0. The second-order valence-corrected chi connectivity index (χ2v) is 8.43. The quantitative estimate of drug-likeness (QED) is 0.734. The minimum atomic E-state index is -0.0472. The third-order valence-electron chi connectivity index (χ3n) is 7.67. The highest BCUT2D eigenvalue weighted by Gasteiger charge is 2.55. The average molecular weight is 276 g/mol. The zero-order chi connectivity index (χ0) is 13.9. The number of carbonyl (C=O) groups is 1. The SMILES string of the molecule is C[C@@]12CC[C@H](O)C[C@H]1CC[C@@H]1[C@H]3CC(=O)C[C@@H]3CC[C@H]12. The molecule has 0 aromatic heterocycles. The zero-order valence-corrected chi connectivity index (χ0v) is 12.7. The highest BCUT2D eigenvalue weighted by atomic mass is 16.3. The van der Waals surface area contributed by atoms with E-state index in [4.69, 9.17) is 0 Å². The molecule has 0 saturated heterocycles. The lowest BCUT2D eigenvalue weighted by Crippen LogP contribution is -2.51. The summed E-state index contributed by atoms with van der Waals surface area (Å²) in [6.07, 6.45) is 10.2. The van der Waals surface area contributed by atoms with Crippen molar-refractivity contribution < 1.29 is 9.90 Å². The van der Waals surface area contributed by atoms with Gasteiger partial charge in [0.25, 0.3) is 0 Å². The van der Waals surface area contributed by atoms with E-state index in [0.717, 1.165) is 49.4 Å². The standard InChI is InChI=1S/C18H28O2/c1-18-7-6-13(19)9-12(18)3-4-15-16-10-14(20)8-11(16)2-5-17(15)18/h11-13,15-17,19H,2-10H2,1H3/t11-,12+,13-,15+,16-,17+,18+/m0/s1. The second kappa shape index (κ2) is 4.56. The first-order valence-corrected chi connectivity index (χ1v) is 8.77. The van der Waals surface area contributed by atoms with Crippen LogP contribution < -0.4 is 0 Å². The van der Waals surface area contributed by atoms with E-state index in [1.165, 1.54) is 32.1 Å². The van der Waals surface area contributed by atoms with Crippen LogP contribution in [-0.2, 0) is 4.79 Å². The number of hydrogen-bond donors (Lipinski definition) is 1. The Labute approximate surface area is 122 Å². The van der Waals surface area contributed by atoms with Crippen LogP contribution in [0.5, 0.6) is 0 Å². The Bertz CT molecular complexity index is 418. The molecule has 0 aliphatic heterocycles. The topological polar surface area (TPSA) is 37.3 Å². The minimum Gasteiger partial charge on any atom is -0.393 e. The molecule has 2 heteroatoms. The van der Waals surface area contributed by atoms with Crippen molar-refractivity contribution in [3.05, 3.63) is 0 Å². The predicted octanol–water partition coefficient (Wildman–Crippen LogP) is 3.57. The maximum Gasteiger partial charge on any atom is 0.133 e. The van der Waals surface area contributed by atoms with Gasteiger partial charge in [-0.15, -0.1) is 0 Å². The Kier molecular flexibility index (Phi) is 3.03. The van der Waals surface area contributed by atoms with Gasteiger partial charge in [-0.1, -0.05) is 6.92 Å². The van der Waals surface area contributed by atoms with Crippen LogP contribution in [0.25, 0.3) is 0 Å². The van der Waals surface area contributed by atoms with Crippen molar-refractivity contribution in [1.29, 1.82) is 0 Å². The van der Waals surface area contributed by atoms with Crippen LogP contribution in [0.2, 0.25) is 0 Å². The zero-order valence-electron chi connectivity index (χ0n) is 12.7. The number of aliphatic hydroxyl groups excluding tert-OH is 1. The number of rotatable bonds is 0. The summed E-state index contributed by atoms with van der Waals surface area (Å²) in [5, 5.41) is 10.00. The van der Waals surface area contributed by atoms with Crippen molar-refractivity contribution in [2.75, 3.05) is 0 Å².